The number of anilines is 2. The molecule has 0 bridgehead atoms. The molecule has 0 radical (unpaired) electrons. The van der Waals surface area contributed by atoms with Gasteiger partial charge < -0.3 is 5.73 Å². The van der Waals surface area contributed by atoms with Crippen molar-refractivity contribution >= 4 is 21.4 Å². The molecule has 1 rings (SSSR count). The number of nitrogen functional groups attached to an aromatic ring is 1. The predicted molar refractivity (Wildman–Crippen MR) is 52.9 cm³/mol. The molecule has 0 unspecified atom stereocenters. The maximum Gasteiger partial charge on any atom is 0.238 e. The molecule has 78 valence electrons. The maximum absolute atomic E-state index is 11.0. The van der Waals surface area contributed by atoms with E-state index in [0.717, 1.165) is 0 Å². The van der Waals surface area contributed by atoms with Crippen LogP contribution in [0.1, 0.15) is 0 Å². The summed E-state index contributed by atoms with van der Waals surface area (Å²) in [5.74, 6) is 0. The number of rotatable bonds is 3. The van der Waals surface area contributed by atoms with Gasteiger partial charge in [0, 0.05) is 0 Å². The van der Waals surface area contributed by atoms with Crippen molar-refractivity contribution in [2.45, 2.75) is 4.90 Å². The van der Waals surface area contributed by atoms with Gasteiger partial charge in [-0.05, 0) is 18.2 Å². The van der Waals surface area contributed by atoms with Crippen molar-refractivity contribution in [2.75, 3.05) is 18.3 Å². The van der Waals surface area contributed by atoms with Gasteiger partial charge in [0.1, 0.15) is 0 Å². The van der Waals surface area contributed by atoms with E-state index in [4.69, 9.17) is 10.9 Å². The van der Waals surface area contributed by atoms with E-state index >= 15 is 0 Å². The highest BCUT2D eigenvalue weighted by atomic mass is 32.2. The Hall–Kier alpha value is -1.31. The van der Waals surface area contributed by atoms with Crippen molar-refractivity contribution in [1.82, 2.24) is 0 Å². The third-order valence-electron chi connectivity index (χ3n) is 1.57. The van der Waals surface area contributed by atoms with Crippen molar-refractivity contribution in [3.05, 3.63) is 18.2 Å². The van der Waals surface area contributed by atoms with Gasteiger partial charge in [-0.3, -0.25) is 10.3 Å². The van der Waals surface area contributed by atoms with Crippen LogP contribution in [0.15, 0.2) is 23.1 Å². The van der Waals surface area contributed by atoms with Gasteiger partial charge in [-0.25, -0.2) is 13.6 Å². The largest absolute Gasteiger partial charge is 0.397 e. The van der Waals surface area contributed by atoms with Crippen LogP contribution < -0.4 is 16.4 Å². The average Bonchev–Trinajstić information content (AvgIpc) is 2.07. The SMILES string of the molecule is CONc1cc(S(N)(=O)=O)ccc1N. The van der Waals surface area contributed by atoms with Crippen LogP contribution in [0.4, 0.5) is 11.4 Å². The van der Waals surface area contributed by atoms with Crippen LogP contribution in [0.2, 0.25) is 0 Å². The van der Waals surface area contributed by atoms with E-state index < -0.39 is 10.0 Å². The Balaban J connectivity index is 3.20. The Labute approximate surface area is 81.9 Å². The second kappa shape index (κ2) is 3.82. The number of nitrogens with two attached hydrogens (primary N) is 2. The molecule has 0 fully saturated rings. The van der Waals surface area contributed by atoms with E-state index in [-0.39, 0.29) is 4.90 Å². The zero-order valence-electron chi connectivity index (χ0n) is 7.52. The lowest BCUT2D eigenvalue weighted by Crippen LogP contribution is -2.13. The first-order valence-corrected chi connectivity index (χ1v) is 5.21. The maximum atomic E-state index is 11.0. The Bertz CT molecular complexity index is 430. The molecule has 1 aromatic carbocycles. The first-order chi connectivity index (χ1) is 6.45. The third kappa shape index (κ3) is 2.34. The molecule has 0 saturated carbocycles. The Kier molecular flexibility index (Phi) is 2.94. The van der Waals surface area contributed by atoms with Crippen molar-refractivity contribution in [2.24, 2.45) is 5.14 Å². The van der Waals surface area contributed by atoms with E-state index in [1.165, 1.54) is 25.3 Å². The molecule has 1 aromatic rings. The number of benzene rings is 1. The molecule has 0 aliphatic rings. The molecule has 7 heteroatoms. The monoisotopic (exact) mass is 217 g/mol. The lowest BCUT2D eigenvalue weighted by atomic mass is 10.3. The summed E-state index contributed by atoms with van der Waals surface area (Å²) in [6.45, 7) is 0. The summed E-state index contributed by atoms with van der Waals surface area (Å²) in [6.07, 6.45) is 0. The van der Waals surface area contributed by atoms with E-state index in [1.54, 1.807) is 0 Å². The highest BCUT2D eigenvalue weighted by Gasteiger charge is 2.09. The van der Waals surface area contributed by atoms with Crippen LogP contribution in [0.3, 0.4) is 0 Å². The molecular formula is C7H11N3O3S. The van der Waals surface area contributed by atoms with Crippen molar-refractivity contribution in [1.29, 1.82) is 0 Å². The molecule has 14 heavy (non-hydrogen) atoms. The summed E-state index contributed by atoms with van der Waals surface area (Å²) in [5.41, 5.74) is 8.72. The topological polar surface area (TPSA) is 107 Å². The Morgan fingerprint density at radius 3 is 2.57 bits per heavy atom. The first kappa shape index (κ1) is 10.8. The highest BCUT2D eigenvalue weighted by molar-refractivity contribution is 7.89. The van der Waals surface area contributed by atoms with E-state index in [2.05, 4.69) is 10.3 Å². The molecule has 0 aliphatic carbocycles. The molecule has 0 aromatic heterocycles. The fourth-order valence-corrected chi connectivity index (χ4v) is 1.45. The summed E-state index contributed by atoms with van der Waals surface area (Å²) in [4.78, 5) is 4.59. The van der Waals surface area contributed by atoms with Crippen LogP contribution in [-0.2, 0) is 14.9 Å². The smallest absolute Gasteiger partial charge is 0.238 e. The van der Waals surface area contributed by atoms with Gasteiger partial charge >= 0.3 is 0 Å². The van der Waals surface area contributed by atoms with E-state index in [1.807, 2.05) is 0 Å². The molecule has 0 amide bonds. The minimum Gasteiger partial charge on any atom is -0.397 e. The van der Waals surface area contributed by atoms with Crippen LogP contribution >= 0.6 is 0 Å². The van der Waals surface area contributed by atoms with E-state index in [0.29, 0.717) is 11.4 Å². The fourth-order valence-electron chi connectivity index (χ4n) is 0.911. The molecule has 5 N–H and O–H groups in total. The summed E-state index contributed by atoms with van der Waals surface area (Å²) in [6, 6.07) is 4.06. The molecule has 0 spiro atoms. The predicted octanol–water partition coefficient (Wildman–Crippen LogP) is -0.111. The molecule has 6 nitrogen and oxygen atoms in total. The molecule has 0 atom stereocenters. The lowest BCUT2D eigenvalue weighted by Gasteiger charge is -2.07. The summed E-state index contributed by atoms with van der Waals surface area (Å²) in [5, 5.41) is 4.93. The van der Waals surface area contributed by atoms with Crippen molar-refractivity contribution < 1.29 is 13.3 Å². The van der Waals surface area contributed by atoms with Gasteiger partial charge in [0.2, 0.25) is 10.0 Å². The lowest BCUT2D eigenvalue weighted by molar-refractivity contribution is 0.271. The number of hydrogen-bond donors (Lipinski definition) is 3. The Morgan fingerprint density at radius 2 is 2.07 bits per heavy atom. The summed E-state index contributed by atoms with van der Waals surface area (Å²) in [7, 11) is -2.32. The zero-order valence-corrected chi connectivity index (χ0v) is 8.34. The van der Waals surface area contributed by atoms with Gasteiger partial charge in [0.25, 0.3) is 0 Å². The van der Waals surface area contributed by atoms with Crippen LogP contribution in [0.5, 0.6) is 0 Å². The third-order valence-corrected chi connectivity index (χ3v) is 2.48. The van der Waals surface area contributed by atoms with Gasteiger partial charge in [-0.2, -0.15) is 0 Å². The van der Waals surface area contributed by atoms with Gasteiger partial charge in [-0.1, -0.05) is 0 Å². The summed E-state index contributed by atoms with van der Waals surface area (Å²) < 4.78 is 21.9. The summed E-state index contributed by atoms with van der Waals surface area (Å²) >= 11 is 0. The van der Waals surface area contributed by atoms with Crippen LogP contribution in [-0.4, -0.2) is 15.5 Å². The second-order valence-electron chi connectivity index (χ2n) is 2.60. The van der Waals surface area contributed by atoms with Gasteiger partial charge in [0.15, 0.2) is 0 Å². The van der Waals surface area contributed by atoms with Gasteiger partial charge in [0.05, 0.1) is 23.4 Å². The normalized spacial score (nSPS) is 11.3. The number of primary sulfonamides is 1. The van der Waals surface area contributed by atoms with E-state index in [9.17, 15) is 8.42 Å². The number of sulfonamides is 1. The minimum atomic E-state index is -3.71. The zero-order chi connectivity index (χ0) is 10.8. The minimum absolute atomic E-state index is 0.0220. The second-order valence-corrected chi connectivity index (χ2v) is 4.16. The standard InChI is InChI=1S/C7H11N3O3S/c1-13-10-7-4-5(14(9,11)12)2-3-6(7)8/h2-4,10H,8H2,1H3,(H2,9,11,12). The molecule has 0 heterocycles. The quantitative estimate of drug-likeness (QED) is 0.483. The van der Waals surface area contributed by atoms with Crippen LogP contribution in [0.25, 0.3) is 0 Å². The average molecular weight is 217 g/mol. The first-order valence-electron chi connectivity index (χ1n) is 3.66. The van der Waals surface area contributed by atoms with Gasteiger partial charge in [-0.15, -0.1) is 0 Å². The number of nitrogens with one attached hydrogen (secondary N) is 1. The fraction of sp³-hybridized carbons (Fsp3) is 0.143. The number of hydrogen-bond acceptors (Lipinski definition) is 5. The van der Waals surface area contributed by atoms with Crippen molar-refractivity contribution in [3.8, 4) is 0 Å². The highest BCUT2D eigenvalue weighted by Crippen LogP contribution is 2.21. The molecule has 0 saturated heterocycles. The van der Waals surface area contributed by atoms with Crippen LogP contribution in [0, 0.1) is 0 Å². The Morgan fingerprint density at radius 1 is 1.43 bits per heavy atom. The molecular weight excluding hydrogens is 206 g/mol. The van der Waals surface area contributed by atoms with Crippen molar-refractivity contribution in [3.63, 3.8) is 0 Å². The molecule has 0 aliphatic heterocycles.